The molecule has 0 saturated carbocycles. The largest absolute Gasteiger partial charge is 0.380 e. The van der Waals surface area contributed by atoms with Crippen molar-refractivity contribution in [1.82, 2.24) is 5.32 Å². The van der Waals surface area contributed by atoms with Gasteiger partial charge >= 0.3 is 0 Å². The minimum atomic E-state index is -0.120. The van der Waals surface area contributed by atoms with Crippen LogP contribution in [0.4, 0.5) is 0 Å². The van der Waals surface area contributed by atoms with Gasteiger partial charge in [0.05, 0.1) is 6.61 Å². The minimum absolute atomic E-state index is 0.1000. The van der Waals surface area contributed by atoms with Gasteiger partial charge < -0.3 is 20.5 Å². The van der Waals surface area contributed by atoms with Gasteiger partial charge in [0, 0.05) is 20.3 Å². The number of amides is 1. The van der Waals surface area contributed by atoms with Crippen LogP contribution >= 0.6 is 0 Å². The summed E-state index contributed by atoms with van der Waals surface area (Å²) in [6, 6.07) is 0. The third-order valence-electron chi connectivity index (χ3n) is 1.34. The summed E-state index contributed by atoms with van der Waals surface area (Å²) >= 11 is 0. The van der Waals surface area contributed by atoms with Crippen LogP contribution in [-0.2, 0) is 14.3 Å². The van der Waals surface area contributed by atoms with E-state index in [2.05, 4.69) is 10.1 Å². The van der Waals surface area contributed by atoms with Crippen LogP contribution in [0.15, 0.2) is 0 Å². The Morgan fingerprint density at radius 2 is 1.76 bits per heavy atom. The first-order valence-electron chi connectivity index (χ1n) is 6.34. The van der Waals surface area contributed by atoms with E-state index in [0.29, 0.717) is 26.3 Å². The first kappa shape index (κ1) is 21.6. The lowest BCUT2D eigenvalue weighted by molar-refractivity contribution is -0.124. The molecule has 0 aromatic carbocycles. The monoisotopic (exact) mass is 250 g/mol. The molecule has 0 aliphatic carbocycles. The van der Waals surface area contributed by atoms with E-state index < -0.39 is 0 Å². The highest BCUT2D eigenvalue weighted by Gasteiger charge is 1.97. The summed E-state index contributed by atoms with van der Waals surface area (Å²) in [6.45, 7) is 10.4. The summed E-state index contributed by atoms with van der Waals surface area (Å²) in [7, 11) is 1.48. The smallest absolute Gasteiger partial charge is 0.246 e. The Labute approximate surface area is 106 Å². The van der Waals surface area contributed by atoms with Gasteiger partial charge in [0.25, 0.3) is 0 Å². The number of ether oxygens (including phenoxy) is 2. The number of nitrogens with two attached hydrogens (primary N) is 1. The van der Waals surface area contributed by atoms with Crippen LogP contribution < -0.4 is 11.1 Å². The molecule has 0 aliphatic heterocycles. The van der Waals surface area contributed by atoms with Crippen molar-refractivity contribution in [3.63, 3.8) is 0 Å². The zero-order valence-electron chi connectivity index (χ0n) is 12.0. The van der Waals surface area contributed by atoms with Crippen molar-refractivity contribution < 1.29 is 14.3 Å². The lowest BCUT2D eigenvalue weighted by Crippen LogP contribution is -2.30. The summed E-state index contributed by atoms with van der Waals surface area (Å²) in [5.74, 6) is -0.120. The van der Waals surface area contributed by atoms with Crippen molar-refractivity contribution in [3.05, 3.63) is 0 Å². The SMILES string of the molecule is CC.CC.COCC(=O)NCCOCCCN. The second-order valence-corrected chi connectivity index (χ2v) is 2.54. The molecule has 0 unspecified atom stereocenters. The van der Waals surface area contributed by atoms with Crippen molar-refractivity contribution in [3.8, 4) is 0 Å². The first-order chi connectivity index (χ1) is 8.31. The van der Waals surface area contributed by atoms with Gasteiger partial charge in [0.15, 0.2) is 0 Å². The maximum absolute atomic E-state index is 10.8. The molecule has 0 rings (SSSR count). The predicted molar refractivity (Wildman–Crippen MR) is 72.1 cm³/mol. The number of hydrogen-bond acceptors (Lipinski definition) is 4. The van der Waals surface area contributed by atoms with E-state index in [4.69, 9.17) is 10.5 Å². The molecule has 0 aliphatic rings. The van der Waals surface area contributed by atoms with Gasteiger partial charge in [-0.25, -0.2) is 0 Å². The second-order valence-electron chi connectivity index (χ2n) is 2.54. The van der Waals surface area contributed by atoms with Crippen molar-refractivity contribution in [2.45, 2.75) is 34.1 Å². The molecule has 1 amide bonds. The Bertz CT molecular complexity index is 133. The zero-order chi connectivity index (χ0) is 13.9. The number of methoxy groups -OCH3 is 1. The van der Waals surface area contributed by atoms with Gasteiger partial charge in [-0.15, -0.1) is 0 Å². The fourth-order valence-corrected chi connectivity index (χ4v) is 0.732. The Morgan fingerprint density at radius 1 is 1.18 bits per heavy atom. The Hall–Kier alpha value is -0.650. The predicted octanol–water partition coefficient (Wildman–Crippen LogP) is 1.17. The van der Waals surface area contributed by atoms with E-state index in [0.717, 1.165) is 6.42 Å². The normalized spacial score (nSPS) is 8.35. The van der Waals surface area contributed by atoms with E-state index in [1.807, 2.05) is 27.7 Å². The van der Waals surface area contributed by atoms with Gasteiger partial charge in [-0.1, -0.05) is 27.7 Å². The summed E-state index contributed by atoms with van der Waals surface area (Å²) in [5, 5.41) is 2.64. The van der Waals surface area contributed by atoms with Crippen molar-refractivity contribution in [2.24, 2.45) is 5.73 Å². The van der Waals surface area contributed by atoms with Crippen LogP contribution in [0.5, 0.6) is 0 Å². The Kier molecular flexibility index (Phi) is 31.2. The number of hydrogen-bond donors (Lipinski definition) is 2. The average molecular weight is 250 g/mol. The molecule has 0 heterocycles. The molecule has 0 bridgehead atoms. The average Bonchev–Trinajstić information content (AvgIpc) is 2.39. The molecule has 3 N–H and O–H groups in total. The molecule has 0 radical (unpaired) electrons. The Balaban J connectivity index is -0.000000439. The number of nitrogens with one attached hydrogen (secondary N) is 1. The summed E-state index contributed by atoms with van der Waals surface area (Å²) < 4.78 is 9.80. The number of rotatable bonds is 8. The standard InChI is InChI=1S/C8H18N2O3.2C2H6/c1-12-7-8(11)10-4-6-13-5-2-3-9;2*1-2/h2-7,9H2,1H3,(H,10,11);2*1-2H3. The molecule has 5 heteroatoms. The van der Waals surface area contributed by atoms with Gasteiger partial charge in [-0.05, 0) is 13.0 Å². The van der Waals surface area contributed by atoms with E-state index in [1.54, 1.807) is 0 Å². The summed E-state index contributed by atoms with van der Waals surface area (Å²) in [5.41, 5.74) is 5.26. The van der Waals surface area contributed by atoms with Crippen molar-refractivity contribution in [1.29, 1.82) is 0 Å². The van der Waals surface area contributed by atoms with Crippen LogP contribution in [0.25, 0.3) is 0 Å². The zero-order valence-corrected chi connectivity index (χ0v) is 12.0. The maximum atomic E-state index is 10.8. The van der Waals surface area contributed by atoms with Gasteiger partial charge in [0.1, 0.15) is 6.61 Å². The van der Waals surface area contributed by atoms with Crippen LogP contribution in [-0.4, -0.2) is 45.9 Å². The Morgan fingerprint density at radius 3 is 2.24 bits per heavy atom. The summed E-state index contributed by atoms with van der Waals surface area (Å²) in [4.78, 5) is 10.8. The molecule has 17 heavy (non-hydrogen) atoms. The number of carbonyl (C=O) groups is 1. The molecule has 0 fully saturated rings. The molecule has 0 atom stereocenters. The highest BCUT2D eigenvalue weighted by Crippen LogP contribution is 1.78. The third kappa shape index (κ3) is 25.5. The molecule has 106 valence electrons. The maximum Gasteiger partial charge on any atom is 0.246 e. The molecule has 0 aromatic rings. The van der Waals surface area contributed by atoms with Gasteiger partial charge in [-0.3, -0.25) is 4.79 Å². The van der Waals surface area contributed by atoms with Crippen LogP contribution in [0.1, 0.15) is 34.1 Å². The quantitative estimate of drug-likeness (QED) is 0.634. The molecule has 5 nitrogen and oxygen atoms in total. The van der Waals surface area contributed by atoms with Gasteiger partial charge in [-0.2, -0.15) is 0 Å². The fourth-order valence-electron chi connectivity index (χ4n) is 0.732. The van der Waals surface area contributed by atoms with Crippen LogP contribution in [0, 0.1) is 0 Å². The first-order valence-corrected chi connectivity index (χ1v) is 6.34. The number of carbonyl (C=O) groups excluding carboxylic acids is 1. The second kappa shape index (κ2) is 24.5. The van der Waals surface area contributed by atoms with Crippen molar-refractivity contribution in [2.75, 3.05) is 40.0 Å². The minimum Gasteiger partial charge on any atom is -0.380 e. The van der Waals surface area contributed by atoms with E-state index in [-0.39, 0.29) is 12.5 Å². The molecular weight excluding hydrogens is 220 g/mol. The van der Waals surface area contributed by atoms with Crippen LogP contribution in [0.3, 0.4) is 0 Å². The molecular formula is C12H30N2O3. The third-order valence-corrected chi connectivity index (χ3v) is 1.34. The molecule has 0 spiro atoms. The lowest BCUT2D eigenvalue weighted by Gasteiger charge is -2.04. The summed E-state index contributed by atoms with van der Waals surface area (Å²) in [6.07, 6.45) is 0.853. The van der Waals surface area contributed by atoms with Crippen LogP contribution in [0.2, 0.25) is 0 Å². The molecule has 0 aromatic heterocycles. The highest BCUT2D eigenvalue weighted by molar-refractivity contribution is 5.77. The van der Waals surface area contributed by atoms with Crippen molar-refractivity contribution >= 4 is 5.91 Å². The van der Waals surface area contributed by atoms with E-state index in [1.165, 1.54) is 7.11 Å². The van der Waals surface area contributed by atoms with Gasteiger partial charge in [0.2, 0.25) is 5.91 Å². The topological polar surface area (TPSA) is 73.6 Å². The van der Waals surface area contributed by atoms with E-state index >= 15 is 0 Å². The lowest BCUT2D eigenvalue weighted by atomic mass is 10.5. The van der Waals surface area contributed by atoms with E-state index in [9.17, 15) is 4.79 Å². The highest BCUT2D eigenvalue weighted by atomic mass is 16.5. The fraction of sp³-hybridized carbons (Fsp3) is 0.917. The molecule has 0 saturated heterocycles.